The topological polar surface area (TPSA) is 77.8 Å². The highest BCUT2D eigenvalue weighted by atomic mass is 16.4. The molecule has 4 heteroatoms. The first-order chi connectivity index (χ1) is 8.34. The second kappa shape index (κ2) is 4.52. The quantitative estimate of drug-likeness (QED) is 0.660. The number of hydrogen-bond acceptors (Lipinski definition) is 3. The van der Waals surface area contributed by atoms with Gasteiger partial charge in [0, 0.05) is 17.4 Å². The van der Waals surface area contributed by atoms with Crippen LogP contribution in [0.3, 0.4) is 0 Å². The summed E-state index contributed by atoms with van der Waals surface area (Å²) in [5, 5.41) is 29.1. The molecule has 0 amide bonds. The summed E-state index contributed by atoms with van der Waals surface area (Å²) in [5.41, 5.74) is 0.687. The van der Waals surface area contributed by atoms with Crippen molar-refractivity contribution in [3.63, 3.8) is 0 Å². The van der Waals surface area contributed by atoms with Gasteiger partial charge in [-0.1, -0.05) is 19.9 Å². The number of aliphatic carboxylic acids is 1. The third-order valence-corrected chi connectivity index (χ3v) is 4.42. The van der Waals surface area contributed by atoms with Gasteiger partial charge in [-0.2, -0.15) is 0 Å². The molecule has 0 aromatic carbocycles. The number of fused-ring (bicyclic) bond motifs is 1. The fraction of sp³-hybridized carbons (Fsp3) is 0.643. The van der Waals surface area contributed by atoms with Crippen molar-refractivity contribution >= 4 is 5.97 Å². The zero-order chi connectivity index (χ0) is 13.5. The van der Waals surface area contributed by atoms with Gasteiger partial charge in [0.1, 0.15) is 0 Å². The molecule has 4 unspecified atom stereocenters. The van der Waals surface area contributed by atoms with E-state index in [2.05, 4.69) is 0 Å². The smallest absolute Gasteiger partial charge is 0.331 e. The number of hydrogen-bond donors (Lipinski definition) is 3. The van der Waals surface area contributed by atoms with Crippen molar-refractivity contribution in [3.05, 3.63) is 23.3 Å². The van der Waals surface area contributed by atoms with Gasteiger partial charge in [-0.05, 0) is 30.4 Å². The Labute approximate surface area is 107 Å². The minimum Gasteiger partial charge on any atom is -0.478 e. The lowest BCUT2D eigenvalue weighted by Crippen LogP contribution is -2.40. The van der Waals surface area contributed by atoms with E-state index < -0.39 is 23.6 Å². The SMILES string of the molecule is CC1CCC2(C)C(=CC(O)CC2O)C=C1C(=O)O. The second-order valence-electron chi connectivity index (χ2n) is 5.70. The van der Waals surface area contributed by atoms with E-state index in [0.29, 0.717) is 12.0 Å². The molecule has 0 saturated carbocycles. The predicted octanol–water partition coefficient (Wildman–Crippen LogP) is 1.49. The number of allylic oxidation sites excluding steroid dienone is 1. The molecular formula is C14H20O4. The molecule has 2 aliphatic rings. The van der Waals surface area contributed by atoms with Crippen LogP contribution in [0.5, 0.6) is 0 Å². The minimum atomic E-state index is -0.915. The fourth-order valence-electron chi connectivity index (χ4n) is 2.93. The molecule has 3 N–H and O–H groups in total. The molecule has 2 aliphatic carbocycles. The van der Waals surface area contributed by atoms with Crippen LogP contribution in [0.25, 0.3) is 0 Å². The van der Waals surface area contributed by atoms with E-state index in [1.54, 1.807) is 12.2 Å². The molecule has 0 spiro atoms. The fourth-order valence-corrected chi connectivity index (χ4v) is 2.93. The molecule has 0 aromatic rings. The first kappa shape index (κ1) is 13.3. The second-order valence-corrected chi connectivity index (χ2v) is 5.70. The Balaban J connectivity index is 2.49. The highest BCUT2D eigenvalue weighted by molar-refractivity contribution is 5.88. The van der Waals surface area contributed by atoms with E-state index >= 15 is 0 Å². The van der Waals surface area contributed by atoms with Crippen LogP contribution in [0.4, 0.5) is 0 Å². The molecule has 4 nitrogen and oxygen atoms in total. The summed E-state index contributed by atoms with van der Waals surface area (Å²) in [6.45, 7) is 3.84. The average molecular weight is 252 g/mol. The molecule has 0 heterocycles. The van der Waals surface area contributed by atoms with Gasteiger partial charge in [0.2, 0.25) is 0 Å². The summed E-state index contributed by atoms with van der Waals surface area (Å²) < 4.78 is 0. The van der Waals surface area contributed by atoms with Gasteiger partial charge in [0.25, 0.3) is 0 Å². The normalized spacial score (nSPS) is 40.3. The van der Waals surface area contributed by atoms with Crippen molar-refractivity contribution in [1.82, 2.24) is 0 Å². The van der Waals surface area contributed by atoms with Crippen LogP contribution in [0, 0.1) is 11.3 Å². The van der Waals surface area contributed by atoms with Crippen LogP contribution in [-0.4, -0.2) is 33.5 Å². The summed E-state index contributed by atoms with van der Waals surface area (Å²) in [7, 11) is 0. The standard InChI is InChI=1S/C14H20O4/c1-8-3-4-14(2)9(6-11(8)13(17)18)5-10(15)7-12(14)16/h5-6,8,10,12,15-16H,3-4,7H2,1-2H3,(H,17,18). The number of aliphatic hydroxyl groups excluding tert-OH is 2. The maximum Gasteiger partial charge on any atom is 0.331 e. The van der Waals surface area contributed by atoms with Crippen LogP contribution in [0.2, 0.25) is 0 Å². The van der Waals surface area contributed by atoms with E-state index in [1.807, 2.05) is 13.8 Å². The third kappa shape index (κ3) is 2.10. The first-order valence-electron chi connectivity index (χ1n) is 6.38. The predicted molar refractivity (Wildman–Crippen MR) is 66.9 cm³/mol. The zero-order valence-corrected chi connectivity index (χ0v) is 10.8. The number of carbonyl (C=O) groups is 1. The van der Waals surface area contributed by atoms with E-state index in [1.165, 1.54) is 0 Å². The molecule has 100 valence electrons. The molecule has 2 rings (SSSR count). The number of carboxylic acid groups (broad SMARTS) is 1. The number of carboxylic acids is 1. The van der Waals surface area contributed by atoms with Crippen molar-refractivity contribution in [1.29, 1.82) is 0 Å². The van der Waals surface area contributed by atoms with E-state index in [4.69, 9.17) is 0 Å². The maximum atomic E-state index is 11.2. The molecule has 0 fully saturated rings. The van der Waals surface area contributed by atoms with Crippen molar-refractivity contribution in [2.45, 2.75) is 45.3 Å². The van der Waals surface area contributed by atoms with Crippen molar-refractivity contribution in [2.24, 2.45) is 11.3 Å². The summed E-state index contributed by atoms with van der Waals surface area (Å²) in [6, 6.07) is 0. The molecule has 0 radical (unpaired) electrons. The zero-order valence-electron chi connectivity index (χ0n) is 10.8. The molecule has 0 bridgehead atoms. The Morgan fingerprint density at radius 3 is 2.72 bits per heavy atom. The molecule has 0 saturated heterocycles. The van der Waals surface area contributed by atoms with Crippen molar-refractivity contribution in [2.75, 3.05) is 0 Å². The average Bonchev–Trinajstić information content (AvgIpc) is 2.40. The largest absolute Gasteiger partial charge is 0.478 e. The van der Waals surface area contributed by atoms with Crippen LogP contribution in [0.1, 0.15) is 33.1 Å². The van der Waals surface area contributed by atoms with Crippen molar-refractivity contribution < 1.29 is 20.1 Å². The van der Waals surface area contributed by atoms with E-state index in [-0.39, 0.29) is 5.92 Å². The lowest BCUT2D eigenvalue weighted by Gasteiger charge is -2.40. The Hall–Kier alpha value is -1.13. The molecular weight excluding hydrogens is 232 g/mol. The van der Waals surface area contributed by atoms with E-state index in [0.717, 1.165) is 18.4 Å². The molecule has 0 aliphatic heterocycles. The van der Waals surface area contributed by atoms with Gasteiger partial charge in [0.05, 0.1) is 12.2 Å². The van der Waals surface area contributed by atoms with Gasteiger partial charge >= 0.3 is 5.97 Å². The van der Waals surface area contributed by atoms with Gasteiger partial charge in [-0.3, -0.25) is 0 Å². The third-order valence-electron chi connectivity index (χ3n) is 4.42. The monoisotopic (exact) mass is 252 g/mol. The Bertz CT molecular complexity index is 424. The van der Waals surface area contributed by atoms with Crippen molar-refractivity contribution in [3.8, 4) is 0 Å². The first-order valence-corrected chi connectivity index (χ1v) is 6.38. The van der Waals surface area contributed by atoms with Crippen LogP contribution in [-0.2, 0) is 4.79 Å². The van der Waals surface area contributed by atoms with Gasteiger partial charge in [-0.15, -0.1) is 0 Å². The maximum absolute atomic E-state index is 11.2. The minimum absolute atomic E-state index is 0.0323. The van der Waals surface area contributed by atoms with Crippen LogP contribution in [0.15, 0.2) is 23.3 Å². The number of rotatable bonds is 1. The Morgan fingerprint density at radius 2 is 2.11 bits per heavy atom. The lowest BCUT2D eigenvalue weighted by molar-refractivity contribution is -0.133. The lowest BCUT2D eigenvalue weighted by atomic mass is 9.69. The summed E-state index contributed by atoms with van der Waals surface area (Å²) in [4.78, 5) is 11.2. The van der Waals surface area contributed by atoms with Gasteiger partial charge in [-0.25, -0.2) is 4.79 Å². The summed E-state index contributed by atoms with van der Waals surface area (Å²) in [6.07, 6.45) is 3.82. The molecule has 4 atom stereocenters. The molecule has 18 heavy (non-hydrogen) atoms. The van der Waals surface area contributed by atoms with Gasteiger partial charge < -0.3 is 15.3 Å². The van der Waals surface area contributed by atoms with Crippen LogP contribution >= 0.6 is 0 Å². The van der Waals surface area contributed by atoms with Crippen LogP contribution < -0.4 is 0 Å². The molecule has 0 aromatic heterocycles. The summed E-state index contributed by atoms with van der Waals surface area (Å²) in [5.74, 6) is -0.947. The Morgan fingerprint density at radius 1 is 1.44 bits per heavy atom. The van der Waals surface area contributed by atoms with E-state index in [9.17, 15) is 20.1 Å². The highest BCUT2D eigenvalue weighted by Crippen LogP contribution is 2.46. The Kier molecular flexibility index (Phi) is 3.34. The highest BCUT2D eigenvalue weighted by Gasteiger charge is 2.42. The summed E-state index contributed by atoms with van der Waals surface area (Å²) >= 11 is 0. The number of aliphatic hydroxyl groups is 2. The van der Waals surface area contributed by atoms with Gasteiger partial charge in [0.15, 0.2) is 0 Å².